The minimum absolute atomic E-state index is 0.0352. The highest BCUT2D eigenvalue weighted by atomic mass is 28.3. The van der Waals surface area contributed by atoms with Gasteiger partial charge in [-0.05, 0) is 0 Å². The minimum Gasteiger partial charge on any atom is -0.395 e. The molecule has 1 heterocycles. The van der Waals surface area contributed by atoms with E-state index < -0.39 is 19.7 Å². The van der Waals surface area contributed by atoms with E-state index in [-0.39, 0.29) is 16.9 Å². The SMILES string of the molecule is C[Si](C)(C)C#Cc1c(F)cc(N2CCOCC2)c(F)c1N. The van der Waals surface area contributed by atoms with E-state index in [0.29, 0.717) is 26.3 Å². The number of morpholine rings is 1. The lowest BCUT2D eigenvalue weighted by atomic mass is 10.1. The molecule has 1 saturated heterocycles. The largest absolute Gasteiger partial charge is 0.395 e. The second kappa shape index (κ2) is 6.04. The quantitative estimate of drug-likeness (QED) is 0.492. The summed E-state index contributed by atoms with van der Waals surface area (Å²) in [5, 5.41) is 0. The van der Waals surface area contributed by atoms with Crippen molar-refractivity contribution in [3.05, 3.63) is 23.3 Å². The van der Waals surface area contributed by atoms with Crippen LogP contribution >= 0.6 is 0 Å². The van der Waals surface area contributed by atoms with Crippen molar-refractivity contribution in [1.29, 1.82) is 0 Å². The number of nitrogens with two attached hydrogens (primary N) is 1. The smallest absolute Gasteiger partial charge is 0.170 e. The van der Waals surface area contributed by atoms with Crippen molar-refractivity contribution < 1.29 is 13.5 Å². The fourth-order valence-electron chi connectivity index (χ4n) is 2.04. The first kappa shape index (κ1) is 15.8. The van der Waals surface area contributed by atoms with Gasteiger partial charge in [-0.1, -0.05) is 25.6 Å². The lowest BCUT2D eigenvalue weighted by molar-refractivity contribution is 0.122. The Morgan fingerprint density at radius 3 is 2.43 bits per heavy atom. The van der Waals surface area contributed by atoms with E-state index in [1.807, 2.05) is 19.6 Å². The van der Waals surface area contributed by atoms with Crippen LogP contribution in [0.5, 0.6) is 0 Å². The molecule has 0 atom stereocenters. The van der Waals surface area contributed by atoms with Crippen LogP contribution in [0.4, 0.5) is 20.2 Å². The van der Waals surface area contributed by atoms with Gasteiger partial charge in [0.2, 0.25) is 0 Å². The summed E-state index contributed by atoms with van der Waals surface area (Å²) in [5.74, 6) is 1.55. The van der Waals surface area contributed by atoms with E-state index >= 15 is 0 Å². The Kier molecular flexibility index (Phi) is 4.54. The van der Waals surface area contributed by atoms with Gasteiger partial charge in [-0.2, -0.15) is 0 Å². The van der Waals surface area contributed by atoms with Crippen LogP contribution in [0.1, 0.15) is 5.56 Å². The second-order valence-corrected chi connectivity index (χ2v) is 10.8. The molecule has 0 unspecified atom stereocenters. The molecule has 0 amide bonds. The molecule has 2 rings (SSSR count). The summed E-state index contributed by atoms with van der Waals surface area (Å²) < 4.78 is 33.9. The Morgan fingerprint density at radius 1 is 1.24 bits per heavy atom. The molecule has 1 aromatic carbocycles. The van der Waals surface area contributed by atoms with E-state index in [9.17, 15) is 8.78 Å². The van der Waals surface area contributed by atoms with Gasteiger partial charge >= 0.3 is 0 Å². The van der Waals surface area contributed by atoms with Gasteiger partial charge in [-0.25, -0.2) is 8.78 Å². The summed E-state index contributed by atoms with van der Waals surface area (Å²) in [6, 6.07) is 1.19. The summed E-state index contributed by atoms with van der Waals surface area (Å²) in [7, 11) is -1.68. The van der Waals surface area contributed by atoms with Crippen molar-refractivity contribution in [2.45, 2.75) is 19.6 Å². The molecule has 1 aliphatic rings. The summed E-state index contributed by atoms with van der Waals surface area (Å²) in [4.78, 5) is 1.74. The topological polar surface area (TPSA) is 38.5 Å². The van der Waals surface area contributed by atoms with Crippen LogP contribution in [0.25, 0.3) is 0 Å². The van der Waals surface area contributed by atoms with Crippen molar-refractivity contribution in [3.8, 4) is 11.5 Å². The number of halogens is 2. The first-order valence-corrected chi connectivity index (χ1v) is 10.4. The zero-order valence-electron chi connectivity index (χ0n) is 12.6. The lowest BCUT2D eigenvalue weighted by Crippen LogP contribution is -2.37. The van der Waals surface area contributed by atoms with Gasteiger partial charge in [0.05, 0.1) is 30.2 Å². The highest BCUT2D eigenvalue weighted by Gasteiger charge is 2.21. The maximum Gasteiger partial charge on any atom is 0.170 e. The summed E-state index contributed by atoms with van der Waals surface area (Å²) in [6.07, 6.45) is 0. The van der Waals surface area contributed by atoms with Gasteiger partial charge < -0.3 is 15.4 Å². The van der Waals surface area contributed by atoms with Crippen LogP contribution in [0.2, 0.25) is 19.6 Å². The predicted octanol–water partition coefficient (Wildman–Crippen LogP) is 2.61. The molecular formula is C15H20F2N2OSi. The maximum absolute atomic E-state index is 14.4. The van der Waals surface area contributed by atoms with Crippen LogP contribution in [0.3, 0.4) is 0 Å². The van der Waals surface area contributed by atoms with Crippen molar-refractivity contribution >= 4 is 19.4 Å². The van der Waals surface area contributed by atoms with E-state index in [4.69, 9.17) is 10.5 Å². The van der Waals surface area contributed by atoms with Crippen molar-refractivity contribution in [3.63, 3.8) is 0 Å². The van der Waals surface area contributed by atoms with Gasteiger partial charge in [0.25, 0.3) is 0 Å². The van der Waals surface area contributed by atoms with Crippen LogP contribution in [-0.2, 0) is 4.74 Å². The first-order chi connectivity index (χ1) is 9.79. The molecule has 0 spiro atoms. The van der Waals surface area contributed by atoms with E-state index in [2.05, 4.69) is 11.5 Å². The number of nitrogen functional groups attached to an aromatic ring is 1. The second-order valence-electron chi connectivity index (χ2n) is 6.08. The zero-order valence-corrected chi connectivity index (χ0v) is 13.6. The lowest BCUT2D eigenvalue weighted by Gasteiger charge is -2.29. The molecule has 0 saturated carbocycles. The monoisotopic (exact) mass is 310 g/mol. The number of benzene rings is 1. The predicted molar refractivity (Wildman–Crippen MR) is 84.0 cm³/mol. The third kappa shape index (κ3) is 3.74. The van der Waals surface area contributed by atoms with Crippen LogP contribution < -0.4 is 10.6 Å². The summed E-state index contributed by atoms with van der Waals surface area (Å²) >= 11 is 0. The molecule has 1 fully saturated rings. The van der Waals surface area contributed by atoms with Crippen LogP contribution in [0.15, 0.2) is 6.07 Å². The molecule has 0 aromatic heterocycles. The molecule has 6 heteroatoms. The Balaban J connectivity index is 2.42. The van der Waals surface area contributed by atoms with Gasteiger partial charge in [-0.15, -0.1) is 5.54 Å². The third-order valence-electron chi connectivity index (χ3n) is 3.15. The molecule has 2 N–H and O–H groups in total. The molecular weight excluding hydrogens is 290 g/mol. The number of hydrogen-bond donors (Lipinski definition) is 1. The highest BCUT2D eigenvalue weighted by molar-refractivity contribution is 6.83. The standard InChI is InChI=1S/C15H20F2N2OSi/c1-21(2,3)9-4-11-12(16)10-13(14(17)15(11)18)19-5-7-20-8-6-19/h10H,5-8,18H2,1-3H3. The maximum atomic E-state index is 14.4. The van der Waals surface area contributed by atoms with Crippen molar-refractivity contribution in [2.24, 2.45) is 0 Å². The van der Waals surface area contributed by atoms with E-state index in [1.54, 1.807) is 4.90 Å². The molecule has 0 aliphatic carbocycles. The average Bonchev–Trinajstić information content (AvgIpc) is 2.42. The van der Waals surface area contributed by atoms with Crippen LogP contribution in [0, 0.1) is 23.1 Å². The summed E-state index contributed by atoms with van der Waals surface area (Å²) in [5.41, 5.74) is 8.72. The molecule has 0 radical (unpaired) electrons. The number of nitrogens with zero attached hydrogens (tertiary/aromatic N) is 1. The average molecular weight is 310 g/mol. The van der Waals surface area contributed by atoms with Crippen molar-refractivity contribution in [1.82, 2.24) is 0 Å². The molecule has 1 aromatic rings. The molecule has 0 bridgehead atoms. The van der Waals surface area contributed by atoms with Gasteiger partial charge in [0.1, 0.15) is 13.9 Å². The fourth-order valence-corrected chi connectivity index (χ4v) is 2.54. The number of anilines is 2. The number of ether oxygens (including phenoxy) is 1. The van der Waals surface area contributed by atoms with E-state index in [1.165, 1.54) is 6.07 Å². The Labute approximate surface area is 125 Å². The highest BCUT2D eigenvalue weighted by Crippen LogP contribution is 2.30. The zero-order chi connectivity index (χ0) is 15.6. The Bertz CT molecular complexity index is 596. The Morgan fingerprint density at radius 2 is 1.86 bits per heavy atom. The molecule has 114 valence electrons. The fraction of sp³-hybridized carbons (Fsp3) is 0.467. The third-order valence-corrected chi connectivity index (χ3v) is 4.02. The van der Waals surface area contributed by atoms with Crippen LogP contribution in [-0.4, -0.2) is 34.4 Å². The first-order valence-electron chi connectivity index (χ1n) is 6.93. The van der Waals surface area contributed by atoms with E-state index in [0.717, 1.165) is 0 Å². The number of rotatable bonds is 1. The van der Waals surface area contributed by atoms with Gasteiger partial charge in [0, 0.05) is 19.2 Å². The van der Waals surface area contributed by atoms with Crippen molar-refractivity contribution in [2.75, 3.05) is 36.9 Å². The summed E-state index contributed by atoms with van der Waals surface area (Å²) in [6.45, 7) is 8.15. The van der Waals surface area contributed by atoms with Gasteiger partial charge in [-0.3, -0.25) is 0 Å². The van der Waals surface area contributed by atoms with Gasteiger partial charge in [0.15, 0.2) is 5.82 Å². The molecule has 21 heavy (non-hydrogen) atoms. The molecule has 3 nitrogen and oxygen atoms in total. The molecule has 1 aliphatic heterocycles. The normalized spacial score (nSPS) is 15.6. The minimum atomic E-state index is -1.68. The number of hydrogen-bond acceptors (Lipinski definition) is 3. The Hall–Kier alpha value is -1.58.